The maximum Gasteiger partial charge on any atom is 0.264 e. The van der Waals surface area contributed by atoms with Crippen molar-refractivity contribution in [2.24, 2.45) is 0 Å². The van der Waals surface area contributed by atoms with Gasteiger partial charge in [-0.25, -0.2) is 8.42 Å². The first-order chi connectivity index (χ1) is 13.4. The Balaban J connectivity index is 1.91. The molecule has 28 heavy (non-hydrogen) atoms. The van der Waals surface area contributed by atoms with E-state index in [1.165, 1.54) is 12.1 Å². The molecular weight excluding hydrogens is 372 g/mol. The molecule has 3 aromatic carbocycles. The molecule has 5 nitrogen and oxygen atoms in total. The van der Waals surface area contributed by atoms with Gasteiger partial charge in [0.05, 0.1) is 10.6 Å². The van der Waals surface area contributed by atoms with Crippen LogP contribution in [0.1, 0.15) is 11.1 Å². The van der Waals surface area contributed by atoms with Crippen molar-refractivity contribution in [3.63, 3.8) is 0 Å². The number of carbonyl (C=O) groups excluding carboxylic acids is 1. The predicted molar refractivity (Wildman–Crippen MR) is 112 cm³/mol. The Morgan fingerprint density at radius 2 is 1.39 bits per heavy atom. The molecule has 3 aromatic rings. The van der Waals surface area contributed by atoms with Gasteiger partial charge in [-0.2, -0.15) is 0 Å². The van der Waals surface area contributed by atoms with Gasteiger partial charge in [-0.15, -0.1) is 0 Å². The molecule has 3 rings (SSSR count). The molecule has 0 heterocycles. The molecule has 0 spiro atoms. The van der Waals surface area contributed by atoms with E-state index >= 15 is 0 Å². The van der Waals surface area contributed by atoms with E-state index in [4.69, 9.17) is 0 Å². The van der Waals surface area contributed by atoms with Crippen LogP contribution in [0, 0.1) is 13.8 Å². The van der Waals surface area contributed by atoms with Crippen LogP contribution >= 0.6 is 0 Å². The maximum atomic E-state index is 13.2. The van der Waals surface area contributed by atoms with Gasteiger partial charge in [0.1, 0.15) is 6.54 Å². The number of nitrogens with one attached hydrogen (secondary N) is 1. The topological polar surface area (TPSA) is 66.5 Å². The number of anilines is 2. The summed E-state index contributed by atoms with van der Waals surface area (Å²) < 4.78 is 27.5. The van der Waals surface area contributed by atoms with Crippen LogP contribution in [0.3, 0.4) is 0 Å². The molecule has 0 unspecified atom stereocenters. The minimum atomic E-state index is -3.89. The lowest BCUT2D eigenvalue weighted by atomic mass is 10.1. The monoisotopic (exact) mass is 394 g/mol. The summed E-state index contributed by atoms with van der Waals surface area (Å²) in [7, 11) is -3.89. The number of amides is 1. The molecule has 0 aliphatic heterocycles. The van der Waals surface area contributed by atoms with E-state index in [1.54, 1.807) is 48.5 Å². The van der Waals surface area contributed by atoms with Gasteiger partial charge in [-0.05, 0) is 61.4 Å². The fourth-order valence-corrected chi connectivity index (χ4v) is 4.45. The van der Waals surface area contributed by atoms with Gasteiger partial charge in [-0.1, -0.05) is 42.5 Å². The summed E-state index contributed by atoms with van der Waals surface area (Å²) in [5.74, 6) is -0.409. The van der Waals surface area contributed by atoms with Gasteiger partial charge in [-0.3, -0.25) is 9.10 Å². The Morgan fingerprint density at radius 3 is 1.96 bits per heavy atom. The second-order valence-electron chi connectivity index (χ2n) is 6.58. The maximum absolute atomic E-state index is 13.2. The highest BCUT2D eigenvalue weighted by atomic mass is 32.2. The number of carbonyl (C=O) groups is 1. The zero-order chi connectivity index (χ0) is 20.1. The number of para-hydroxylation sites is 1. The van der Waals surface area contributed by atoms with Gasteiger partial charge < -0.3 is 5.32 Å². The summed E-state index contributed by atoms with van der Waals surface area (Å²) in [6.07, 6.45) is 0. The van der Waals surface area contributed by atoms with Gasteiger partial charge in [0, 0.05) is 5.69 Å². The molecule has 0 atom stereocenters. The summed E-state index contributed by atoms with van der Waals surface area (Å²) in [5, 5.41) is 2.80. The molecule has 0 aliphatic carbocycles. The third-order valence-electron chi connectivity index (χ3n) is 4.17. The largest absolute Gasteiger partial charge is 0.324 e. The molecule has 144 valence electrons. The van der Waals surface area contributed by atoms with Crippen LogP contribution in [0.15, 0.2) is 83.8 Å². The molecule has 1 amide bonds. The average molecular weight is 394 g/mol. The van der Waals surface area contributed by atoms with Crippen LogP contribution < -0.4 is 9.62 Å². The quantitative estimate of drug-likeness (QED) is 0.683. The molecule has 0 saturated heterocycles. The van der Waals surface area contributed by atoms with E-state index in [9.17, 15) is 13.2 Å². The third kappa shape index (κ3) is 4.58. The summed E-state index contributed by atoms with van der Waals surface area (Å²) in [6, 6.07) is 22.4. The number of benzene rings is 3. The molecule has 0 radical (unpaired) electrons. The molecular formula is C22H22N2O3S. The van der Waals surface area contributed by atoms with Crippen LogP contribution in [0.2, 0.25) is 0 Å². The Morgan fingerprint density at radius 1 is 0.857 bits per heavy atom. The van der Waals surface area contributed by atoms with Crippen LogP contribution in [0.25, 0.3) is 0 Å². The summed E-state index contributed by atoms with van der Waals surface area (Å²) in [5.41, 5.74) is 3.12. The average Bonchev–Trinajstić information content (AvgIpc) is 2.66. The molecule has 0 saturated carbocycles. The van der Waals surface area contributed by atoms with E-state index in [-0.39, 0.29) is 11.4 Å². The molecule has 0 fully saturated rings. The smallest absolute Gasteiger partial charge is 0.264 e. The van der Waals surface area contributed by atoms with Crippen LogP contribution in [-0.4, -0.2) is 20.9 Å². The lowest BCUT2D eigenvalue weighted by Crippen LogP contribution is -2.38. The van der Waals surface area contributed by atoms with Crippen molar-refractivity contribution in [3.8, 4) is 0 Å². The van der Waals surface area contributed by atoms with Crippen LogP contribution in [-0.2, 0) is 14.8 Å². The van der Waals surface area contributed by atoms with E-state index in [2.05, 4.69) is 5.32 Å². The summed E-state index contributed by atoms with van der Waals surface area (Å²) in [6.45, 7) is 3.56. The molecule has 0 aromatic heterocycles. The van der Waals surface area contributed by atoms with E-state index in [0.717, 1.165) is 15.4 Å². The predicted octanol–water partition coefficient (Wildman–Crippen LogP) is 4.14. The lowest BCUT2D eigenvalue weighted by Gasteiger charge is -2.24. The number of sulfonamides is 1. The first kappa shape index (κ1) is 19.6. The van der Waals surface area contributed by atoms with E-state index < -0.39 is 15.9 Å². The highest BCUT2D eigenvalue weighted by Gasteiger charge is 2.27. The number of rotatable bonds is 6. The Kier molecular flexibility index (Phi) is 5.80. The van der Waals surface area contributed by atoms with Crippen molar-refractivity contribution in [2.45, 2.75) is 18.7 Å². The van der Waals surface area contributed by atoms with Gasteiger partial charge in [0.15, 0.2) is 0 Å². The van der Waals surface area contributed by atoms with Gasteiger partial charge in [0.25, 0.3) is 10.0 Å². The standard InChI is InChI=1S/C22H22N2O3S/c1-17-13-18(2)15-19(14-17)23-22(25)16-24(20-9-5-3-6-10-20)28(26,27)21-11-7-4-8-12-21/h3-15H,16H2,1-2H3,(H,23,25). The zero-order valence-corrected chi connectivity index (χ0v) is 16.6. The number of hydrogen-bond acceptors (Lipinski definition) is 3. The van der Waals surface area contributed by atoms with E-state index in [0.29, 0.717) is 11.4 Å². The van der Waals surface area contributed by atoms with E-state index in [1.807, 2.05) is 32.0 Å². The summed E-state index contributed by atoms with van der Waals surface area (Å²) >= 11 is 0. The van der Waals surface area contributed by atoms with Crippen molar-refractivity contribution < 1.29 is 13.2 Å². The second-order valence-corrected chi connectivity index (χ2v) is 8.45. The highest BCUT2D eigenvalue weighted by molar-refractivity contribution is 7.92. The molecule has 0 bridgehead atoms. The minimum absolute atomic E-state index is 0.137. The fourth-order valence-electron chi connectivity index (χ4n) is 3.01. The van der Waals surface area contributed by atoms with Crippen molar-refractivity contribution in [1.29, 1.82) is 0 Å². The van der Waals surface area contributed by atoms with Crippen LogP contribution in [0.5, 0.6) is 0 Å². The molecule has 6 heteroatoms. The lowest BCUT2D eigenvalue weighted by molar-refractivity contribution is -0.114. The Hall–Kier alpha value is -3.12. The zero-order valence-electron chi connectivity index (χ0n) is 15.8. The third-order valence-corrected chi connectivity index (χ3v) is 5.96. The Labute approximate surface area is 165 Å². The van der Waals surface area contributed by atoms with Crippen molar-refractivity contribution >= 4 is 27.3 Å². The van der Waals surface area contributed by atoms with Gasteiger partial charge in [0.2, 0.25) is 5.91 Å². The number of aryl methyl sites for hydroxylation is 2. The van der Waals surface area contributed by atoms with Crippen molar-refractivity contribution in [3.05, 3.63) is 90.0 Å². The number of nitrogens with zero attached hydrogens (tertiary/aromatic N) is 1. The normalized spacial score (nSPS) is 11.1. The number of hydrogen-bond donors (Lipinski definition) is 1. The molecule has 1 N–H and O–H groups in total. The van der Waals surface area contributed by atoms with Crippen molar-refractivity contribution in [1.82, 2.24) is 0 Å². The second kappa shape index (κ2) is 8.27. The van der Waals surface area contributed by atoms with Gasteiger partial charge >= 0.3 is 0 Å². The van der Waals surface area contributed by atoms with Crippen molar-refractivity contribution in [2.75, 3.05) is 16.2 Å². The first-order valence-electron chi connectivity index (χ1n) is 8.87. The van der Waals surface area contributed by atoms with Crippen LogP contribution in [0.4, 0.5) is 11.4 Å². The SMILES string of the molecule is Cc1cc(C)cc(NC(=O)CN(c2ccccc2)S(=O)(=O)c2ccccc2)c1. The Bertz CT molecular complexity index is 1050. The summed E-state index contributed by atoms with van der Waals surface area (Å²) in [4.78, 5) is 12.8. The highest BCUT2D eigenvalue weighted by Crippen LogP contribution is 2.23. The first-order valence-corrected chi connectivity index (χ1v) is 10.3. The minimum Gasteiger partial charge on any atom is -0.324 e. The fraction of sp³-hybridized carbons (Fsp3) is 0.136. The molecule has 0 aliphatic rings.